The van der Waals surface area contributed by atoms with E-state index in [4.69, 9.17) is 26.5 Å². The number of benzene rings is 2. The van der Waals surface area contributed by atoms with Crippen molar-refractivity contribution < 1.29 is 14.3 Å². The van der Waals surface area contributed by atoms with Gasteiger partial charge in [0.2, 0.25) is 5.17 Å². The number of carbonyl (C=O) groups is 1. The summed E-state index contributed by atoms with van der Waals surface area (Å²) in [6.45, 7) is 2.53. The molecular formula is C27H29ClN4O3S. The lowest BCUT2D eigenvalue weighted by Gasteiger charge is -2.20. The molecule has 2 aromatic rings. The van der Waals surface area contributed by atoms with Gasteiger partial charge in [-0.3, -0.25) is 10.2 Å². The van der Waals surface area contributed by atoms with Crippen molar-refractivity contribution in [1.29, 1.82) is 5.41 Å². The molecule has 2 aliphatic heterocycles. The first-order chi connectivity index (χ1) is 17.5. The van der Waals surface area contributed by atoms with E-state index in [0.29, 0.717) is 33.9 Å². The molecule has 2 aliphatic rings. The topological polar surface area (TPSA) is 87.3 Å². The highest BCUT2D eigenvalue weighted by atomic mass is 35.5. The minimum atomic E-state index is -0.474. The number of rotatable bonds is 11. The molecule has 1 amide bonds. The van der Waals surface area contributed by atoms with Gasteiger partial charge in [-0.15, -0.1) is 0 Å². The normalized spacial score (nSPS) is 16.2. The van der Waals surface area contributed by atoms with E-state index in [1.54, 1.807) is 18.2 Å². The largest absolute Gasteiger partial charge is 0.493 e. The molecule has 0 radical (unpaired) electrons. The number of amidine groups is 2. The molecule has 36 heavy (non-hydrogen) atoms. The molecule has 0 bridgehead atoms. The quantitative estimate of drug-likeness (QED) is 0.255. The molecule has 0 fully saturated rings. The summed E-state index contributed by atoms with van der Waals surface area (Å²) in [7, 11) is 1.53. The molecule has 0 spiro atoms. The molecule has 0 unspecified atom stereocenters. The van der Waals surface area contributed by atoms with Crippen molar-refractivity contribution in [2.75, 3.05) is 7.11 Å². The Labute approximate surface area is 220 Å². The van der Waals surface area contributed by atoms with Gasteiger partial charge in [0.15, 0.2) is 17.3 Å². The van der Waals surface area contributed by atoms with Gasteiger partial charge in [0, 0.05) is 0 Å². The van der Waals surface area contributed by atoms with E-state index in [9.17, 15) is 4.79 Å². The van der Waals surface area contributed by atoms with Crippen molar-refractivity contribution in [2.45, 2.75) is 52.1 Å². The fraction of sp³-hybridized carbons (Fsp3) is 0.333. The minimum Gasteiger partial charge on any atom is -0.493 e. The molecule has 0 atom stereocenters. The predicted molar refractivity (Wildman–Crippen MR) is 147 cm³/mol. The van der Waals surface area contributed by atoms with E-state index < -0.39 is 5.91 Å². The van der Waals surface area contributed by atoms with E-state index in [2.05, 4.69) is 17.0 Å². The highest BCUT2D eigenvalue weighted by Crippen LogP contribution is 2.38. The van der Waals surface area contributed by atoms with E-state index in [-0.39, 0.29) is 11.4 Å². The zero-order chi connectivity index (χ0) is 25.5. The van der Waals surface area contributed by atoms with Crippen LogP contribution in [0.4, 0.5) is 0 Å². The van der Waals surface area contributed by atoms with Gasteiger partial charge in [-0.05, 0) is 53.9 Å². The van der Waals surface area contributed by atoms with Gasteiger partial charge in [-0.2, -0.15) is 15.1 Å². The van der Waals surface area contributed by atoms with Crippen LogP contribution in [0, 0.1) is 5.41 Å². The van der Waals surface area contributed by atoms with Crippen LogP contribution in [0.5, 0.6) is 11.5 Å². The Kier molecular flexibility index (Phi) is 8.83. The maximum Gasteiger partial charge on any atom is 0.283 e. The van der Waals surface area contributed by atoms with E-state index in [1.807, 2.05) is 30.3 Å². The Morgan fingerprint density at radius 2 is 1.92 bits per heavy atom. The van der Waals surface area contributed by atoms with E-state index in [1.165, 1.54) is 43.1 Å². The molecule has 0 saturated heterocycles. The molecular weight excluding hydrogens is 496 g/mol. The summed E-state index contributed by atoms with van der Waals surface area (Å²) in [5.41, 5.74) is 1.74. The summed E-state index contributed by atoms with van der Waals surface area (Å²) >= 11 is 7.89. The highest BCUT2D eigenvalue weighted by molar-refractivity contribution is 8.26. The molecule has 0 aliphatic carbocycles. The van der Waals surface area contributed by atoms with Crippen molar-refractivity contribution in [1.82, 2.24) is 5.01 Å². The fourth-order valence-electron chi connectivity index (χ4n) is 3.87. The summed E-state index contributed by atoms with van der Waals surface area (Å²) in [6, 6.07) is 13.2. The number of halogens is 1. The molecule has 4 rings (SSSR count). The van der Waals surface area contributed by atoms with Crippen molar-refractivity contribution >= 4 is 51.4 Å². The average molecular weight is 525 g/mol. The summed E-state index contributed by atoms with van der Waals surface area (Å²) in [4.78, 5) is 17.0. The number of nitrogens with one attached hydrogen (secondary N) is 1. The summed E-state index contributed by atoms with van der Waals surface area (Å²) in [5, 5.41) is 16.3. The number of hydrogen-bond donors (Lipinski definition) is 1. The Morgan fingerprint density at radius 1 is 1.14 bits per heavy atom. The Morgan fingerprint density at radius 3 is 2.67 bits per heavy atom. The van der Waals surface area contributed by atoms with Gasteiger partial charge in [-0.25, -0.2) is 0 Å². The Hall–Kier alpha value is -3.10. The lowest BCUT2D eigenvalue weighted by Crippen LogP contribution is -2.35. The molecule has 9 heteroatoms. The number of hydrogen-bond acceptors (Lipinski definition) is 6. The zero-order valence-electron chi connectivity index (χ0n) is 20.4. The maximum atomic E-state index is 12.8. The molecule has 2 aromatic carbocycles. The number of nitrogens with zero attached hydrogens (tertiary/aromatic N) is 3. The van der Waals surface area contributed by atoms with Crippen LogP contribution in [0.1, 0.15) is 56.6 Å². The molecule has 188 valence electrons. The number of aliphatic imine (C=N–C) groups is 1. The van der Waals surface area contributed by atoms with Crippen LogP contribution >= 0.6 is 23.4 Å². The Balaban J connectivity index is 1.50. The predicted octanol–water partition coefficient (Wildman–Crippen LogP) is 6.91. The van der Waals surface area contributed by atoms with Gasteiger partial charge in [-0.1, -0.05) is 74.5 Å². The van der Waals surface area contributed by atoms with Crippen molar-refractivity contribution in [3.8, 4) is 11.5 Å². The number of hydrazone groups is 1. The number of ether oxygens (including phenoxy) is 2. The lowest BCUT2D eigenvalue weighted by molar-refractivity contribution is -0.114. The average Bonchev–Trinajstić information content (AvgIpc) is 3.29. The third-order valence-corrected chi connectivity index (χ3v) is 7.03. The van der Waals surface area contributed by atoms with E-state index in [0.717, 1.165) is 29.9 Å². The number of carbonyl (C=O) groups excluding carboxylic acids is 1. The van der Waals surface area contributed by atoms with Crippen LogP contribution in [0.15, 0.2) is 58.1 Å². The first-order valence-electron chi connectivity index (χ1n) is 12.0. The monoisotopic (exact) mass is 524 g/mol. The number of thioether (sulfide) groups is 1. The van der Waals surface area contributed by atoms with Gasteiger partial charge in [0.05, 0.1) is 17.7 Å². The van der Waals surface area contributed by atoms with Gasteiger partial charge in [0.1, 0.15) is 11.7 Å². The lowest BCUT2D eigenvalue weighted by atomic mass is 10.1. The molecule has 0 saturated carbocycles. The molecule has 0 aromatic heterocycles. The summed E-state index contributed by atoms with van der Waals surface area (Å²) < 4.78 is 11.4. The third-order valence-electron chi connectivity index (χ3n) is 5.78. The summed E-state index contributed by atoms with van der Waals surface area (Å²) in [5.74, 6) is 0.375. The third kappa shape index (κ3) is 6.17. The molecule has 1 N–H and O–H groups in total. The first-order valence-corrected chi connectivity index (χ1v) is 13.2. The number of fused-ring (bicyclic) bond motifs is 1. The smallest absolute Gasteiger partial charge is 0.283 e. The zero-order valence-corrected chi connectivity index (χ0v) is 22.0. The highest BCUT2D eigenvalue weighted by Gasteiger charge is 2.35. The standard InChI is InChI=1S/C27H29ClN4O3S/c1-3-4-5-6-10-13-23-31-32-25(29)20(26(33)30-27(32)36-23)14-19-15-21(28)24(22(16-19)34-2)35-17-18-11-8-7-9-12-18/h7-9,11-12,14-16,29H,3-6,10,13,17H2,1-2H3/b20-14-,29-25?. The Bertz CT molecular complexity index is 1230. The van der Waals surface area contributed by atoms with Crippen LogP contribution < -0.4 is 9.47 Å². The fourth-order valence-corrected chi connectivity index (χ4v) is 5.07. The SMILES string of the molecule is CCCCCCCC1=NN2C(=N)/C(=C/c3cc(Cl)c(OCc4ccccc4)c(OC)c3)C(=O)N=C2S1. The summed E-state index contributed by atoms with van der Waals surface area (Å²) in [6.07, 6.45) is 8.24. The van der Waals surface area contributed by atoms with Gasteiger partial charge < -0.3 is 9.47 Å². The maximum absolute atomic E-state index is 12.8. The second-order valence-corrected chi connectivity index (χ2v) is 9.93. The van der Waals surface area contributed by atoms with Gasteiger partial charge >= 0.3 is 0 Å². The molecule has 2 heterocycles. The number of methoxy groups -OCH3 is 1. The van der Waals surface area contributed by atoms with Gasteiger partial charge in [0.25, 0.3) is 5.91 Å². The van der Waals surface area contributed by atoms with Crippen LogP contribution in [-0.2, 0) is 11.4 Å². The van der Waals surface area contributed by atoms with Crippen molar-refractivity contribution in [3.63, 3.8) is 0 Å². The van der Waals surface area contributed by atoms with Crippen molar-refractivity contribution in [2.24, 2.45) is 10.1 Å². The number of amides is 1. The second kappa shape index (κ2) is 12.2. The minimum absolute atomic E-state index is 0.00187. The van der Waals surface area contributed by atoms with Crippen LogP contribution in [-0.4, -0.2) is 34.1 Å². The molecule has 7 nitrogen and oxygen atoms in total. The van der Waals surface area contributed by atoms with Crippen molar-refractivity contribution in [3.05, 3.63) is 64.2 Å². The van der Waals surface area contributed by atoms with Crippen LogP contribution in [0.2, 0.25) is 5.02 Å². The number of unbranched alkanes of at least 4 members (excludes halogenated alkanes) is 4. The van der Waals surface area contributed by atoms with Crippen LogP contribution in [0.25, 0.3) is 6.08 Å². The first kappa shape index (κ1) is 26.0. The second-order valence-electron chi connectivity index (χ2n) is 8.49. The van der Waals surface area contributed by atoms with E-state index >= 15 is 0 Å². The van der Waals surface area contributed by atoms with Crippen LogP contribution in [0.3, 0.4) is 0 Å².